The van der Waals surface area contributed by atoms with Gasteiger partial charge in [0.1, 0.15) is 11.9 Å². The number of primary amides is 1. The van der Waals surface area contributed by atoms with Gasteiger partial charge in [-0.3, -0.25) is 19.3 Å². The first-order chi connectivity index (χ1) is 16.6. The number of carbonyl (C=O) groups excluding carboxylic acids is 3. The molecule has 0 radical (unpaired) electrons. The highest BCUT2D eigenvalue weighted by atomic mass is 19.2. The summed E-state index contributed by atoms with van der Waals surface area (Å²) in [6.45, 7) is 4.36. The van der Waals surface area contributed by atoms with Crippen LogP contribution in [0.4, 0.5) is 14.6 Å². The van der Waals surface area contributed by atoms with E-state index in [1.54, 1.807) is 30.9 Å². The zero-order chi connectivity index (χ0) is 26.1. The normalized spacial score (nSPS) is 13.7. The summed E-state index contributed by atoms with van der Waals surface area (Å²) in [4.78, 5) is 44.5. The Morgan fingerprint density at radius 1 is 1.09 bits per heavy atom. The minimum atomic E-state index is -1.31. The summed E-state index contributed by atoms with van der Waals surface area (Å²) in [6.07, 6.45) is 1.31. The molecule has 2 amide bonds. The van der Waals surface area contributed by atoms with E-state index in [2.05, 4.69) is 10.3 Å². The number of nitrogen functional groups attached to an aromatic ring is 1. The number of methoxy groups -OCH3 is 1. The molecule has 1 aromatic carbocycles. The largest absolute Gasteiger partial charge is 0.469 e. The van der Waals surface area contributed by atoms with Crippen LogP contribution >= 0.6 is 0 Å². The summed E-state index contributed by atoms with van der Waals surface area (Å²) in [6, 6.07) is 5.27. The minimum Gasteiger partial charge on any atom is -0.469 e. The van der Waals surface area contributed by atoms with E-state index in [0.29, 0.717) is 24.5 Å². The van der Waals surface area contributed by atoms with Gasteiger partial charge in [-0.25, -0.2) is 13.8 Å². The standard InChI is InChI=1S/C24H31F2N5O4/c1-4-31(5-2)21(22(28)32)20(24(34)35-3)16(10-14-6-8-17(25)18(26)11-14)23(33)30-13-15-7-9-19(27)29-12-15/h6-9,11-12,16,20-21H,4-5,10,13H2,1-3H3,(H2,27,29)(H2,28,32)(H,30,33)/t16-,20?,21?/m0/s1. The van der Waals surface area contributed by atoms with Crippen LogP contribution in [-0.4, -0.2) is 53.9 Å². The Morgan fingerprint density at radius 2 is 1.74 bits per heavy atom. The molecule has 2 rings (SSSR count). The van der Waals surface area contributed by atoms with E-state index in [4.69, 9.17) is 16.2 Å². The second-order valence-corrected chi connectivity index (χ2v) is 7.99. The monoisotopic (exact) mass is 491 g/mol. The molecule has 0 saturated carbocycles. The number of halogens is 2. The van der Waals surface area contributed by atoms with Crippen LogP contribution in [0.25, 0.3) is 0 Å². The molecule has 0 bridgehead atoms. The van der Waals surface area contributed by atoms with E-state index < -0.39 is 47.3 Å². The Kier molecular flexibility index (Phi) is 10.1. The molecule has 9 nitrogen and oxygen atoms in total. The lowest BCUT2D eigenvalue weighted by atomic mass is 9.80. The number of aromatic nitrogens is 1. The molecular formula is C24H31F2N5O4. The molecule has 0 aliphatic carbocycles. The number of esters is 1. The number of benzene rings is 1. The van der Waals surface area contributed by atoms with Gasteiger partial charge in [-0.1, -0.05) is 26.0 Å². The number of nitrogens with zero attached hydrogens (tertiary/aromatic N) is 2. The first kappa shape index (κ1) is 27.6. The Labute approximate surface area is 202 Å². The van der Waals surface area contributed by atoms with Crippen LogP contribution in [0.3, 0.4) is 0 Å². The Morgan fingerprint density at radius 3 is 2.26 bits per heavy atom. The maximum Gasteiger partial charge on any atom is 0.311 e. The van der Waals surface area contributed by atoms with Crippen molar-refractivity contribution in [2.75, 3.05) is 25.9 Å². The fourth-order valence-electron chi connectivity index (χ4n) is 4.01. The Bertz CT molecular complexity index is 1030. The van der Waals surface area contributed by atoms with Gasteiger partial charge in [0.2, 0.25) is 11.8 Å². The number of nitrogens with two attached hydrogens (primary N) is 2. The number of amides is 2. The van der Waals surface area contributed by atoms with Crippen LogP contribution < -0.4 is 16.8 Å². The number of likely N-dealkylation sites (N-methyl/N-ethyl adjacent to an activating group) is 1. The van der Waals surface area contributed by atoms with E-state index in [9.17, 15) is 23.2 Å². The maximum absolute atomic E-state index is 13.9. The molecule has 2 unspecified atom stereocenters. The smallest absolute Gasteiger partial charge is 0.311 e. The number of anilines is 1. The third-order valence-corrected chi connectivity index (χ3v) is 5.84. The SMILES string of the molecule is CCN(CC)C(C(N)=O)C(C(=O)OC)[C@H](Cc1ccc(F)c(F)c1)C(=O)NCc1ccc(N)nc1. The summed E-state index contributed by atoms with van der Waals surface area (Å²) in [5, 5.41) is 2.73. The second kappa shape index (κ2) is 12.7. The number of pyridine rings is 1. The molecule has 3 atom stereocenters. The Hall–Kier alpha value is -3.60. The van der Waals surface area contributed by atoms with Crippen molar-refractivity contribution in [2.45, 2.75) is 32.9 Å². The number of carbonyl (C=O) groups is 3. The van der Waals surface area contributed by atoms with Gasteiger partial charge in [-0.2, -0.15) is 0 Å². The van der Waals surface area contributed by atoms with Crippen molar-refractivity contribution in [3.8, 4) is 0 Å². The summed E-state index contributed by atoms with van der Waals surface area (Å²) < 4.78 is 32.4. The predicted octanol–water partition coefficient (Wildman–Crippen LogP) is 1.40. The number of nitrogens with one attached hydrogen (secondary N) is 1. The number of ether oxygens (including phenoxy) is 1. The molecule has 35 heavy (non-hydrogen) atoms. The number of hydrogen-bond acceptors (Lipinski definition) is 7. The van der Waals surface area contributed by atoms with Gasteiger partial charge in [0.15, 0.2) is 11.6 Å². The van der Waals surface area contributed by atoms with Crippen molar-refractivity contribution in [3.63, 3.8) is 0 Å². The van der Waals surface area contributed by atoms with Crippen molar-refractivity contribution in [2.24, 2.45) is 17.6 Å². The first-order valence-electron chi connectivity index (χ1n) is 11.2. The van der Waals surface area contributed by atoms with Gasteiger partial charge in [0.25, 0.3) is 0 Å². The molecule has 0 fully saturated rings. The maximum atomic E-state index is 13.9. The fourth-order valence-corrected chi connectivity index (χ4v) is 4.01. The van der Waals surface area contributed by atoms with Crippen LogP contribution in [0.1, 0.15) is 25.0 Å². The molecule has 0 spiro atoms. The van der Waals surface area contributed by atoms with Gasteiger partial charge in [0.05, 0.1) is 18.9 Å². The van der Waals surface area contributed by atoms with Crippen LogP contribution in [0, 0.1) is 23.5 Å². The molecular weight excluding hydrogens is 460 g/mol. The lowest BCUT2D eigenvalue weighted by Gasteiger charge is -2.36. The van der Waals surface area contributed by atoms with Crippen molar-refractivity contribution in [3.05, 3.63) is 59.3 Å². The van der Waals surface area contributed by atoms with E-state index in [-0.39, 0.29) is 18.5 Å². The third-order valence-electron chi connectivity index (χ3n) is 5.84. The average Bonchev–Trinajstić information content (AvgIpc) is 2.84. The van der Waals surface area contributed by atoms with Gasteiger partial charge < -0.3 is 21.5 Å². The molecule has 5 N–H and O–H groups in total. The fraction of sp³-hybridized carbons (Fsp3) is 0.417. The minimum absolute atomic E-state index is 0.0563. The second-order valence-electron chi connectivity index (χ2n) is 7.99. The van der Waals surface area contributed by atoms with Gasteiger partial charge in [-0.15, -0.1) is 0 Å². The third kappa shape index (κ3) is 7.19. The molecule has 0 aliphatic heterocycles. The predicted molar refractivity (Wildman–Crippen MR) is 125 cm³/mol. The quantitative estimate of drug-likeness (QED) is 0.381. The summed E-state index contributed by atoms with van der Waals surface area (Å²) in [7, 11) is 1.14. The van der Waals surface area contributed by atoms with Crippen LogP contribution in [-0.2, 0) is 32.1 Å². The highest BCUT2D eigenvalue weighted by Crippen LogP contribution is 2.27. The van der Waals surface area contributed by atoms with E-state index in [1.165, 1.54) is 12.3 Å². The lowest BCUT2D eigenvalue weighted by molar-refractivity contribution is -0.156. The zero-order valence-corrected chi connectivity index (χ0v) is 20.0. The van der Waals surface area contributed by atoms with Crippen LogP contribution in [0.2, 0.25) is 0 Å². The topological polar surface area (TPSA) is 141 Å². The highest BCUT2D eigenvalue weighted by Gasteiger charge is 2.45. The average molecular weight is 492 g/mol. The molecule has 0 saturated heterocycles. The lowest BCUT2D eigenvalue weighted by Crippen LogP contribution is -2.56. The number of rotatable bonds is 12. The summed E-state index contributed by atoms with van der Waals surface area (Å²) in [5.41, 5.74) is 12.2. The van der Waals surface area contributed by atoms with Crippen molar-refractivity contribution in [1.82, 2.24) is 15.2 Å². The zero-order valence-electron chi connectivity index (χ0n) is 20.0. The Balaban J connectivity index is 2.49. The number of hydrogen-bond donors (Lipinski definition) is 3. The van der Waals surface area contributed by atoms with E-state index in [1.807, 2.05) is 0 Å². The van der Waals surface area contributed by atoms with Crippen molar-refractivity contribution < 1.29 is 27.9 Å². The van der Waals surface area contributed by atoms with Crippen LogP contribution in [0.5, 0.6) is 0 Å². The summed E-state index contributed by atoms with van der Waals surface area (Å²) in [5.74, 6) is -6.56. The van der Waals surface area contributed by atoms with Gasteiger partial charge >= 0.3 is 5.97 Å². The van der Waals surface area contributed by atoms with Gasteiger partial charge in [-0.05, 0) is 48.8 Å². The molecule has 2 aromatic rings. The van der Waals surface area contributed by atoms with Gasteiger partial charge in [0, 0.05) is 12.7 Å². The first-order valence-corrected chi connectivity index (χ1v) is 11.2. The van der Waals surface area contributed by atoms with Crippen LogP contribution in [0.15, 0.2) is 36.5 Å². The molecule has 1 aromatic heterocycles. The highest BCUT2D eigenvalue weighted by molar-refractivity contribution is 5.92. The summed E-state index contributed by atoms with van der Waals surface area (Å²) >= 11 is 0. The van der Waals surface area contributed by atoms with E-state index in [0.717, 1.165) is 19.2 Å². The molecule has 11 heteroatoms. The van der Waals surface area contributed by atoms with Crippen molar-refractivity contribution >= 4 is 23.6 Å². The molecule has 190 valence electrons. The molecule has 0 aliphatic rings. The van der Waals surface area contributed by atoms with Crippen molar-refractivity contribution in [1.29, 1.82) is 0 Å². The molecule has 1 heterocycles. The van der Waals surface area contributed by atoms with E-state index >= 15 is 0 Å².